The molecule has 200 valence electrons. The lowest BCUT2D eigenvalue weighted by Crippen LogP contribution is -2.35. The Kier molecular flexibility index (Phi) is 7.98. The van der Waals surface area contributed by atoms with Crippen molar-refractivity contribution in [3.8, 4) is 17.0 Å². The maximum Gasteiger partial charge on any atom is 0.306 e. The molecule has 8 heteroatoms. The Labute approximate surface area is 227 Å². The average molecular weight is 534 g/mol. The Balaban J connectivity index is 1.26. The van der Waals surface area contributed by atoms with E-state index in [-0.39, 0.29) is 17.9 Å². The summed E-state index contributed by atoms with van der Waals surface area (Å²) >= 11 is 1.53. The number of amides is 1. The van der Waals surface area contributed by atoms with E-state index >= 15 is 0 Å². The second-order valence-corrected chi connectivity index (χ2v) is 11.4. The minimum atomic E-state index is -0.714. The maximum atomic E-state index is 12.9. The molecule has 2 aliphatic rings. The number of rotatable bonds is 8. The van der Waals surface area contributed by atoms with Gasteiger partial charge in [0.15, 0.2) is 5.13 Å². The number of carboxylic acid groups (broad SMARTS) is 1. The van der Waals surface area contributed by atoms with Gasteiger partial charge in [-0.25, -0.2) is 4.98 Å². The van der Waals surface area contributed by atoms with Gasteiger partial charge in [-0.05, 0) is 87.8 Å². The van der Waals surface area contributed by atoms with Crippen molar-refractivity contribution in [3.63, 3.8) is 0 Å². The molecule has 2 fully saturated rings. The van der Waals surface area contributed by atoms with Crippen LogP contribution in [0.3, 0.4) is 0 Å². The molecule has 0 radical (unpaired) electrons. The summed E-state index contributed by atoms with van der Waals surface area (Å²) in [4.78, 5) is 30.9. The van der Waals surface area contributed by atoms with Crippen LogP contribution in [0.15, 0.2) is 41.8 Å². The molecule has 1 aromatic heterocycles. The van der Waals surface area contributed by atoms with Crippen LogP contribution >= 0.6 is 11.3 Å². The van der Waals surface area contributed by atoms with Crippen molar-refractivity contribution in [1.29, 1.82) is 0 Å². The van der Waals surface area contributed by atoms with E-state index in [2.05, 4.69) is 11.4 Å². The largest absolute Gasteiger partial charge is 0.488 e. The highest BCUT2D eigenvalue weighted by Crippen LogP contribution is 2.35. The predicted molar refractivity (Wildman–Crippen MR) is 150 cm³/mol. The third-order valence-electron chi connectivity index (χ3n) is 7.64. The fourth-order valence-electron chi connectivity index (χ4n) is 5.37. The number of ether oxygens (including phenoxy) is 1. The van der Waals surface area contributed by atoms with Crippen molar-refractivity contribution in [2.45, 2.75) is 65.0 Å². The van der Waals surface area contributed by atoms with Crippen LogP contribution in [0.2, 0.25) is 0 Å². The number of aromatic nitrogens is 1. The summed E-state index contributed by atoms with van der Waals surface area (Å²) in [6, 6.07) is 12.1. The molecule has 1 unspecified atom stereocenters. The Morgan fingerprint density at radius 3 is 2.66 bits per heavy atom. The molecule has 7 nitrogen and oxygen atoms in total. The number of piperidine rings is 1. The quantitative estimate of drug-likeness (QED) is 0.353. The summed E-state index contributed by atoms with van der Waals surface area (Å²) in [7, 11) is 0. The molecule has 3 aromatic rings. The lowest BCUT2D eigenvalue weighted by molar-refractivity contribution is -0.141. The first-order chi connectivity index (χ1) is 18.4. The zero-order valence-corrected chi connectivity index (χ0v) is 22.9. The molecule has 0 bridgehead atoms. The third kappa shape index (κ3) is 6.01. The van der Waals surface area contributed by atoms with Gasteiger partial charge in [0, 0.05) is 35.6 Å². The average Bonchev–Trinajstić information content (AvgIpc) is 3.59. The molecule has 1 saturated carbocycles. The molecule has 0 spiro atoms. The number of aryl methyl sites for hydroxylation is 2. The molecule has 1 aliphatic carbocycles. The highest BCUT2D eigenvalue weighted by atomic mass is 32.1. The second-order valence-electron chi connectivity index (χ2n) is 10.5. The molecule has 2 N–H and O–H groups in total. The molecule has 1 amide bonds. The van der Waals surface area contributed by atoms with E-state index in [0.717, 1.165) is 76.7 Å². The van der Waals surface area contributed by atoms with E-state index in [9.17, 15) is 14.7 Å². The fourth-order valence-corrected chi connectivity index (χ4v) is 6.16. The van der Waals surface area contributed by atoms with Gasteiger partial charge in [-0.3, -0.25) is 9.59 Å². The number of thiazole rings is 1. The van der Waals surface area contributed by atoms with Gasteiger partial charge in [0.25, 0.3) is 5.91 Å². The number of carbonyl (C=O) groups is 2. The molecular weight excluding hydrogens is 498 g/mol. The van der Waals surface area contributed by atoms with Gasteiger partial charge >= 0.3 is 5.97 Å². The molecular formula is C30H35N3O4S. The molecule has 2 atom stereocenters. The first-order valence-electron chi connectivity index (χ1n) is 13.4. The van der Waals surface area contributed by atoms with E-state index in [0.29, 0.717) is 19.4 Å². The van der Waals surface area contributed by atoms with Gasteiger partial charge < -0.3 is 20.1 Å². The van der Waals surface area contributed by atoms with Gasteiger partial charge in [0.2, 0.25) is 0 Å². The summed E-state index contributed by atoms with van der Waals surface area (Å²) in [6.07, 6.45) is 5.54. The minimum absolute atomic E-state index is 0.116. The Morgan fingerprint density at radius 1 is 1.11 bits per heavy atom. The zero-order valence-electron chi connectivity index (χ0n) is 22.0. The molecule has 2 heterocycles. The Hall–Kier alpha value is -3.39. The number of hydrogen-bond acceptors (Lipinski definition) is 6. The summed E-state index contributed by atoms with van der Waals surface area (Å²) in [5, 5.41) is 15.5. The van der Waals surface area contributed by atoms with Crippen LogP contribution in [0, 0.1) is 19.8 Å². The second kappa shape index (κ2) is 11.6. The van der Waals surface area contributed by atoms with E-state index in [1.165, 1.54) is 17.8 Å². The van der Waals surface area contributed by atoms with Crippen LogP contribution < -0.4 is 10.1 Å². The van der Waals surface area contributed by atoms with Gasteiger partial charge in [-0.1, -0.05) is 17.7 Å². The Bertz CT molecular complexity index is 1310. The molecule has 5 rings (SSSR count). The van der Waals surface area contributed by atoms with Crippen molar-refractivity contribution in [1.82, 2.24) is 9.88 Å². The van der Waals surface area contributed by atoms with Crippen LogP contribution in [0.1, 0.15) is 65.6 Å². The number of likely N-dealkylation sites (tertiary alicyclic amines) is 1. The summed E-state index contributed by atoms with van der Waals surface area (Å²) in [6.45, 7) is 6.16. The van der Waals surface area contributed by atoms with Crippen LogP contribution in [-0.4, -0.2) is 46.0 Å². The summed E-state index contributed by atoms with van der Waals surface area (Å²) in [5.74, 6) is -0.115. The number of nitrogens with one attached hydrogen (secondary N) is 1. The van der Waals surface area contributed by atoms with E-state index in [1.54, 1.807) is 0 Å². The molecule has 1 saturated heterocycles. The van der Waals surface area contributed by atoms with E-state index in [4.69, 9.17) is 9.72 Å². The predicted octanol–water partition coefficient (Wildman–Crippen LogP) is 6.30. The summed E-state index contributed by atoms with van der Waals surface area (Å²) in [5.41, 5.74) is 5.71. The third-order valence-corrected chi connectivity index (χ3v) is 8.41. The lowest BCUT2D eigenvalue weighted by atomic mass is 10.0. The molecule has 1 aliphatic heterocycles. The first-order valence-corrected chi connectivity index (χ1v) is 14.3. The minimum Gasteiger partial charge on any atom is -0.488 e. The highest BCUT2D eigenvalue weighted by Gasteiger charge is 2.30. The van der Waals surface area contributed by atoms with Gasteiger partial charge in [0.05, 0.1) is 11.6 Å². The number of carboxylic acids is 1. The fraction of sp³-hybridized carbons (Fsp3) is 0.433. The monoisotopic (exact) mass is 533 g/mol. The first kappa shape index (κ1) is 26.2. The maximum absolute atomic E-state index is 12.9. The van der Waals surface area contributed by atoms with E-state index in [1.807, 2.05) is 54.5 Å². The van der Waals surface area contributed by atoms with Crippen molar-refractivity contribution >= 4 is 28.3 Å². The van der Waals surface area contributed by atoms with Gasteiger partial charge in [-0.2, -0.15) is 0 Å². The van der Waals surface area contributed by atoms with E-state index < -0.39 is 5.97 Å². The Morgan fingerprint density at radius 2 is 1.92 bits per heavy atom. The van der Waals surface area contributed by atoms with Crippen LogP contribution in [0.5, 0.6) is 5.75 Å². The number of hydrogen-bond donors (Lipinski definition) is 2. The molecule has 38 heavy (non-hydrogen) atoms. The summed E-state index contributed by atoms with van der Waals surface area (Å²) < 4.78 is 6.30. The highest BCUT2D eigenvalue weighted by molar-refractivity contribution is 7.14. The smallest absolute Gasteiger partial charge is 0.306 e. The lowest BCUT2D eigenvalue weighted by Gasteiger charge is -2.27. The number of benzene rings is 2. The van der Waals surface area contributed by atoms with Gasteiger partial charge in [0.1, 0.15) is 12.4 Å². The van der Waals surface area contributed by atoms with Crippen molar-refractivity contribution in [2.24, 2.45) is 5.92 Å². The molecule has 2 aromatic carbocycles. The SMILES string of the molecule is Cc1ccc(OCc2ccc(C(=O)N3CCCCC3)cc2C)c(-c2csc(N[C@H]3CCC(C(=O)O)C3)n2)c1. The van der Waals surface area contributed by atoms with Gasteiger partial charge in [-0.15, -0.1) is 11.3 Å². The van der Waals surface area contributed by atoms with Crippen molar-refractivity contribution in [2.75, 3.05) is 18.4 Å². The van der Waals surface area contributed by atoms with Crippen LogP contribution in [-0.2, 0) is 11.4 Å². The zero-order chi connectivity index (χ0) is 26.6. The van der Waals surface area contributed by atoms with Crippen LogP contribution in [0.25, 0.3) is 11.3 Å². The number of anilines is 1. The number of carbonyl (C=O) groups excluding carboxylic acids is 1. The number of aliphatic carboxylic acids is 1. The number of nitrogens with zero attached hydrogens (tertiary/aromatic N) is 2. The standard InChI is InChI=1S/C30H35N3O4S/c1-19-6-11-27(25(14-19)26-18-38-30(32-26)31-24-10-9-22(16-24)29(35)36)37-17-23-8-7-21(15-20(23)2)28(34)33-12-4-3-5-13-33/h6-8,11,14-15,18,22,24H,3-5,9-10,12-13,16-17H2,1-2H3,(H,31,32)(H,35,36)/t22?,24-/m0/s1. The van der Waals surface area contributed by atoms with Crippen molar-refractivity contribution in [3.05, 3.63) is 64.0 Å². The normalized spacial score (nSPS) is 19.4. The van der Waals surface area contributed by atoms with Crippen molar-refractivity contribution < 1.29 is 19.4 Å². The topological polar surface area (TPSA) is 91.8 Å². The van der Waals surface area contributed by atoms with Crippen LogP contribution in [0.4, 0.5) is 5.13 Å².